The molecule has 4 rings (SSSR count). The van der Waals surface area contributed by atoms with Gasteiger partial charge in [-0.2, -0.15) is 0 Å². The maximum Gasteiger partial charge on any atom is 0.134 e. The summed E-state index contributed by atoms with van der Waals surface area (Å²) in [7, 11) is 1.98. The van der Waals surface area contributed by atoms with E-state index in [1.54, 1.807) is 6.33 Å². The Labute approximate surface area is 135 Å². The van der Waals surface area contributed by atoms with Gasteiger partial charge in [0.1, 0.15) is 18.0 Å². The molecule has 1 saturated carbocycles. The van der Waals surface area contributed by atoms with Gasteiger partial charge in [0, 0.05) is 50.9 Å². The molecule has 1 aliphatic heterocycles. The molecule has 0 unspecified atom stereocenters. The van der Waals surface area contributed by atoms with Crippen molar-refractivity contribution in [1.29, 1.82) is 0 Å². The third kappa shape index (κ3) is 3.14. The molecular formula is C16H23N7. The van der Waals surface area contributed by atoms with Crippen molar-refractivity contribution in [2.45, 2.75) is 24.8 Å². The zero-order valence-electron chi connectivity index (χ0n) is 13.4. The van der Waals surface area contributed by atoms with E-state index >= 15 is 0 Å². The fourth-order valence-corrected chi connectivity index (χ4v) is 3.14. The Morgan fingerprint density at radius 2 is 2.13 bits per heavy atom. The lowest BCUT2D eigenvalue weighted by Gasteiger charge is -2.17. The summed E-state index contributed by atoms with van der Waals surface area (Å²) in [6.07, 6.45) is 8.17. The summed E-state index contributed by atoms with van der Waals surface area (Å²) < 4.78 is 1.97. The summed E-state index contributed by atoms with van der Waals surface area (Å²) >= 11 is 0. The standard InChI is InChI=1S/C16H23N7/c1-22-8-14(21-10-22)12-6-23(7-13(12)17)16-4-15(19-9-20-16)18-5-11-2-3-11/h4,8-13H,2-3,5-7,17H2,1H3,(H,18,19,20)/t12-,13-/m1/s1. The number of hydrogen-bond donors (Lipinski definition) is 2. The molecule has 23 heavy (non-hydrogen) atoms. The van der Waals surface area contributed by atoms with E-state index in [-0.39, 0.29) is 12.0 Å². The summed E-state index contributed by atoms with van der Waals surface area (Å²) in [4.78, 5) is 15.4. The molecule has 2 aromatic rings. The molecule has 0 bridgehead atoms. The minimum Gasteiger partial charge on any atom is -0.370 e. The fourth-order valence-electron chi connectivity index (χ4n) is 3.14. The van der Waals surface area contributed by atoms with Crippen LogP contribution >= 0.6 is 0 Å². The normalized spacial score (nSPS) is 24.2. The van der Waals surface area contributed by atoms with Crippen molar-refractivity contribution in [2.75, 3.05) is 29.9 Å². The molecule has 3 N–H and O–H groups in total. The number of nitrogens with zero attached hydrogens (tertiary/aromatic N) is 5. The van der Waals surface area contributed by atoms with Gasteiger partial charge in [0.05, 0.1) is 12.0 Å². The molecule has 0 radical (unpaired) electrons. The quantitative estimate of drug-likeness (QED) is 0.855. The number of aryl methyl sites for hydroxylation is 1. The second-order valence-corrected chi connectivity index (χ2v) is 6.73. The van der Waals surface area contributed by atoms with Crippen molar-refractivity contribution in [1.82, 2.24) is 19.5 Å². The van der Waals surface area contributed by atoms with Gasteiger partial charge < -0.3 is 20.5 Å². The lowest BCUT2D eigenvalue weighted by molar-refractivity contribution is 0.639. The van der Waals surface area contributed by atoms with Crippen LogP contribution in [0.2, 0.25) is 0 Å². The molecule has 7 heteroatoms. The van der Waals surface area contributed by atoms with Crippen molar-refractivity contribution in [2.24, 2.45) is 18.7 Å². The Bertz CT molecular complexity index is 679. The average molecular weight is 313 g/mol. The fraction of sp³-hybridized carbons (Fsp3) is 0.562. The maximum atomic E-state index is 6.34. The van der Waals surface area contributed by atoms with Crippen LogP contribution in [0.25, 0.3) is 0 Å². The molecule has 2 aliphatic rings. The topological polar surface area (TPSA) is 84.9 Å². The van der Waals surface area contributed by atoms with Gasteiger partial charge in [-0.3, -0.25) is 0 Å². The highest BCUT2D eigenvalue weighted by Crippen LogP contribution is 2.30. The minimum atomic E-state index is 0.0720. The van der Waals surface area contributed by atoms with Crippen molar-refractivity contribution >= 4 is 11.6 Å². The van der Waals surface area contributed by atoms with E-state index < -0.39 is 0 Å². The first kappa shape index (κ1) is 14.4. The van der Waals surface area contributed by atoms with Crippen LogP contribution in [0.3, 0.4) is 0 Å². The van der Waals surface area contributed by atoms with E-state index in [1.165, 1.54) is 12.8 Å². The van der Waals surface area contributed by atoms with E-state index in [0.29, 0.717) is 0 Å². The van der Waals surface area contributed by atoms with Gasteiger partial charge in [0.2, 0.25) is 0 Å². The van der Waals surface area contributed by atoms with E-state index in [1.807, 2.05) is 24.0 Å². The number of nitrogens with one attached hydrogen (secondary N) is 1. The molecule has 2 aromatic heterocycles. The Kier molecular flexibility index (Phi) is 3.65. The molecule has 1 saturated heterocycles. The maximum absolute atomic E-state index is 6.34. The molecular weight excluding hydrogens is 290 g/mol. The first-order valence-electron chi connectivity index (χ1n) is 8.23. The first-order chi connectivity index (χ1) is 11.2. The second kappa shape index (κ2) is 5.81. The number of rotatable bonds is 5. The molecule has 0 amide bonds. The minimum absolute atomic E-state index is 0.0720. The summed E-state index contributed by atoms with van der Waals surface area (Å²) in [5, 5.41) is 3.40. The number of hydrogen-bond acceptors (Lipinski definition) is 6. The van der Waals surface area contributed by atoms with E-state index in [0.717, 1.165) is 42.9 Å². The largest absolute Gasteiger partial charge is 0.370 e. The van der Waals surface area contributed by atoms with Crippen LogP contribution < -0.4 is 16.0 Å². The van der Waals surface area contributed by atoms with E-state index in [2.05, 4.69) is 31.4 Å². The third-order valence-electron chi connectivity index (χ3n) is 4.72. The third-order valence-corrected chi connectivity index (χ3v) is 4.72. The molecule has 2 fully saturated rings. The predicted octanol–water partition coefficient (Wildman–Crippen LogP) is 0.963. The SMILES string of the molecule is Cn1cnc([C@@H]2CN(c3cc(NCC4CC4)ncn3)C[C@H]2N)c1. The van der Waals surface area contributed by atoms with Crippen LogP contribution in [0.15, 0.2) is 24.9 Å². The molecule has 2 atom stereocenters. The van der Waals surface area contributed by atoms with Crippen molar-refractivity contribution < 1.29 is 0 Å². The van der Waals surface area contributed by atoms with Crippen LogP contribution in [0.1, 0.15) is 24.5 Å². The Morgan fingerprint density at radius 3 is 2.87 bits per heavy atom. The Morgan fingerprint density at radius 1 is 1.26 bits per heavy atom. The van der Waals surface area contributed by atoms with Crippen LogP contribution in [0, 0.1) is 5.92 Å². The van der Waals surface area contributed by atoms with E-state index in [9.17, 15) is 0 Å². The number of aromatic nitrogens is 4. The molecule has 122 valence electrons. The first-order valence-corrected chi connectivity index (χ1v) is 8.23. The van der Waals surface area contributed by atoms with Gasteiger partial charge in [0.25, 0.3) is 0 Å². The van der Waals surface area contributed by atoms with Crippen molar-refractivity contribution in [3.8, 4) is 0 Å². The Balaban J connectivity index is 1.46. The van der Waals surface area contributed by atoms with Gasteiger partial charge in [-0.1, -0.05) is 0 Å². The lowest BCUT2D eigenvalue weighted by atomic mass is 10.0. The highest BCUT2D eigenvalue weighted by atomic mass is 15.2. The highest BCUT2D eigenvalue weighted by molar-refractivity contribution is 5.50. The molecule has 7 nitrogen and oxygen atoms in total. The number of imidazole rings is 1. The van der Waals surface area contributed by atoms with Gasteiger partial charge >= 0.3 is 0 Å². The second-order valence-electron chi connectivity index (χ2n) is 6.73. The predicted molar refractivity (Wildman–Crippen MR) is 89.4 cm³/mol. The summed E-state index contributed by atoms with van der Waals surface area (Å²) in [5.41, 5.74) is 7.40. The molecule has 1 aliphatic carbocycles. The zero-order chi connectivity index (χ0) is 15.8. The smallest absolute Gasteiger partial charge is 0.134 e. The van der Waals surface area contributed by atoms with Crippen molar-refractivity contribution in [3.05, 3.63) is 30.6 Å². The summed E-state index contributed by atoms with van der Waals surface area (Å²) in [5.74, 6) is 2.90. The number of anilines is 2. The molecule has 0 spiro atoms. The molecule has 0 aromatic carbocycles. The van der Waals surface area contributed by atoms with Crippen LogP contribution in [0.5, 0.6) is 0 Å². The van der Waals surface area contributed by atoms with E-state index in [4.69, 9.17) is 5.73 Å². The van der Waals surface area contributed by atoms with Crippen LogP contribution in [-0.2, 0) is 7.05 Å². The van der Waals surface area contributed by atoms with Crippen molar-refractivity contribution in [3.63, 3.8) is 0 Å². The van der Waals surface area contributed by atoms with Gasteiger partial charge in [0.15, 0.2) is 0 Å². The summed E-state index contributed by atoms with van der Waals surface area (Å²) in [6.45, 7) is 2.64. The van der Waals surface area contributed by atoms with Gasteiger partial charge in [-0.25, -0.2) is 15.0 Å². The van der Waals surface area contributed by atoms with Gasteiger partial charge in [-0.05, 0) is 18.8 Å². The van der Waals surface area contributed by atoms with Crippen LogP contribution in [-0.4, -0.2) is 45.2 Å². The van der Waals surface area contributed by atoms with Gasteiger partial charge in [-0.15, -0.1) is 0 Å². The Hall–Kier alpha value is -2.15. The average Bonchev–Trinajstić information content (AvgIpc) is 3.17. The lowest BCUT2D eigenvalue weighted by Crippen LogP contribution is -2.29. The monoisotopic (exact) mass is 313 g/mol. The number of nitrogens with two attached hydrogens (primary N) is 1. The highest BCUT2D eigenvalue weighted by Gasteiger charge is 2.33. The summed E-state index contributed by atoms with van der Waals surface area (Å²) in [6, 6.07) is 2.10. The molecule has 3 heterocycles. The zero-order valence-corrected chi connectivity index (χ0v) is 13.4. The van der Waals surface area contributed by atoms with Crippen LogP contribution in [0.4, 0.5) is 11.6 Å².